The lowest BCUT2D eigenvalue weighted by molar-refractivity contribution is -0.149. The first kappa shape index (κ1) is 24.2. The van der Waals surface area contributed by atoms with Gasteiger partial charge in [0.2, 0.25) is 11.8 Å². The predicted octanol–water partition coefficient (Wildman–Crippen LogP) is 2.98. The Balaban J connectivity index is 1.60. The topological polar surface area (TPSA) is 76.9 Å². The van der Waals surface area contributed by atoms with Gasteiger partial charge in [-0.25, -0.2) is 0 Å². The molecule has 0 radical (unpaired) electrons. The molecular formula is C25H36N4O3. The second-order valence-electron chi connectivity index (χ2n) is 9.22. The van der Waals surface area contributed by atoms with E-state index in [9.17, 15) is 9.59 Å². The highest BCUT2D eigenvalue weighted by molar-refractivity contribution is 5.97. The van der Waals surface area contributed by atoms with Crippen LogP contribution in [0.1, 0.15) is 45.6 Å². The Hall–Kier alpha value is -2.43. The number of aryl methyl sites for hydroxylation is 1. The summed E-state index contributed by atoms with van der Waals surface area (Å²) in [4.78, 5) is 32.2. The van der Waals surface area contributed by atoms with Gasteiger partial charge in [0.1, 0.15) is 0 Å². The summed E-state index contributed by atoms with van der Waals surface area (Å²) in [5.74, 6) is 0.239. The van der Waals surface area contributed by atoms with Crippen molar-refractivity contribution in [3.05, 3.63) is 29.8 Å². The maximum Gasteiger partial charge on any atom is 0.244 e. The summed E-state index contributed by atoms with van der Waals surface area (Å²) in [6.07, 6.45) is 1.96. The quantitative estimate of drug-likeness (QED) is 0.680. The summed E-state index contributed by atoms with van der Waals surface area (Å²) in [6, 6.07) is 9.69. The molecule has 7 heteroatoms. The summed E-state index contributed by atoms with van der Waals surface area (Å²) < 4.78 is 5.76. The van der Waals surface area contributed by atoms with Gasteiger partial charge in [0.15, 0.2) is 0 Å². The van der Waals surface area contributed by atoms with Gasteiger partial charge < -0.3 is 14.5 Å². The molecule has 0 spiro atoms. The summed E-state index contributed by atoms with van der Waals surface area (Å²) >= 11 is 0. The maximum absolute atomic E-state index is 13.4. The Morgan fingerprint density at radius 3 is 2.31 bits per heavy atom. The molecule has 3 rings (SSSR count). The number of rotatable bonds is 6. The van der Waals surface area contributed by atoms with Gasteiger partial charge in [0.25, 0.3) is 0 Å². The highest BCUT2D eigenvalue weighted by Gasteiger charge is 2.35. The minimum Gasteiger partial charge on any atom is -0.372 e. The van der Waals surface area contributed by atoms with Gasteiger partial charge in [-0.05, 0) is 65.8 Å². The lowest BCUT2D eigenvalue weighted by Gasteiger charge is -2.40. The molecule has 0 saturated carbocycles. The van der Waals surface area contributed by atoms with Crippen molar-refractivity contribution in [2.75, 3.05) is 37.6 Å². The van der Waals surface area contributed by atoms with Crippen molar-refractivity contribution in [3.8, 4) is 6.07 Å². The molecule has 32 heavy (non-hydrogen) atoms. The van der Waals surface area contributed by atoms with E-state index in [1.807, 2.05) is 56.9 Å². The molecule has 0 bridgehead atoms. The van der Waals surface area contributed by atoms with E-state index < -0.39 is 0 Å². The lowest BCUT2D eigenvalue weighted by Crippen LogP contribution is -2.53. The highest BCUT2D eigenvalue weighted by atomic mass is 16.5. The summed E-state index contributed by atoms with van der Waals surface area (Å²) in [7, 11) is 0. The fourth-order valence-electron chi connectivity index (χ4n) is 4.78. The van der Waals surface area contributed by atoms with Crippen molar-refractivity contribution in [1.29, 1.82) is 5.26 Å². The zero-order chi connectivity index (χ0) is 23.3. The van der Waals surface area contributed by atoms with Crippen molar-refractivity contribution >= 4 is 17.5 Å². The average Bonchev–Trinajstić information content (AvgIpc) is 2.78. The van der Waals surface area contributed by atoms with Crippen molar-refractivity contribution in [3.63, 3.8) is 0 Å². The van der Waals surface area contributed by atoms with Crippen LogP contribution in [0.25, 0.3) is 0 Å². The third kappa shape index (κ3) is 5.87. The van der Waals surface area contributed by atoms with E-state index in [0.29, 0.717) is 26.1 Å². The van der Waals surface area contributed by atoms with Crippen LogP contribution in [0, 0.1) is 24.2 Å². The molecule has 2 amide bonds. The number of anilines is 1. The van der Waals surface area contributed by atoms with Gasteiger partial charge in [0.05, 0.1) is 30.7 Å². The number of likely N-dealkylation sites (tertiary alicyclic amines) is 1. The Bertz CT molecular complexity index is 817. The van der Waals surface area contributed by atoms with E-state index in [1.165, 1.54) is 0 Å². The van der Waals surface area contributed by atoms with Crippen LogP contribution >= 0.6 is 0 Å². The first-order chi connectivity index (χ1) is 15.3. The Morgan fingerprint density at radius 2 is 1.75 bits per heavy atom. The molecule has 7 nitrogen and oxygen atoms in total. The van der Waals surface area contributed by atoms with E-state index >= 15 is 0 Å². The second-order valence-corrected chi connectivity index (χ2v) is 9.22. The molecule has 2 aliphatic rings. The minimum absolute atomic E-state index is 0.00436. The second kappa shape index (κ2) is 10.9. The molecule has 2 aliphatic heterocycles. The van der Waals surface area contributed by atoms with E-state index in [1.54, 1.807) is 4.90 Å². The number of hydrogen-bond acceptors (Lipinski definition) is 5. The number of hydrogen-bond donors (Lipinski definition) is 0. The summed E-state index contributed by atoms with van der Waals surface area (Å²) in [5.41, 5.74) is 1.95. The molecule has 2 fully saturated rings. The van der Waals surface area contributed by atoms with E-state index in [-0.39, 0.29) is 36.0 Å². The number of benzene rings is 1. The van der Waals surface area contributed by atoms with Crippen LogP contribution in [0.3, 0.4) is 0 Å². The molecule has 2 heterocycles. The van der Waals surface area contributed by atoms with Gasteiger partial charge in [-0.15, -0.1) is 0 Å². The van der Waals surface area contributed by atoms with Gasteiger partial charge >= 0.3 is 0 Å². The van der Waals surface area contributed by atoms with Crippen LogP contribution in [-0.4, -0.2) is 72.6 Å². The minimum atomic E-state index is -0.297. The molecule has 0 aromatic heterocycles. The molecule has 2 saturated heterocycles. The zero-order valence-corrected chi connectivity index (χ0v) is 19.8. The largest absolute Gasteiger partial charge is 0.372 e. The van der Waals surface area contributed by atoms with Gasteiger partial charge in [-0.1, -0.05) is 17.7 Å². The maximum atomic E-state index is 13.4. The van der Waals surface area contributed by atoms with E-state index in [4.69, 9.17) is 10.00 Å². The smallest absolute Gasteiger partial charge is 0.244 e. The lowest BCUT2D eigenvalue weighted by atomic mass is 9.93. The van der Waals surface area contributed by atoms with Gasteiger partial charge in [0, 0.05) is 31.2 Å². The summed E-state index contributed by atoms with van der Waals surface area (Å²) in [6.45, 7) is 11.1. The Kier molecular flexibility index (Phi) is 8.27. The third-order valence-corrected chi connectivity index (χ3v) is 6.57. The van der Waals surface area contributed by atoms with Gasteiger partial charge in [-0.2, -0.15) is 5.26 Å². The third-order valence-electron chi connectivity index (χ3n) is 6.57. The van der Waals surface area contributed by atoms with Crippen molar-refractivity contribution in [2.24, 2.45) is 5.92 Å². The first-order valence-corrected chi connectivity index (χ1v) is 11.7. The molecule has 3 unspecified atom stereocenters. The first-order valence-electron chi connectivity index (χ1n) is 11.7. The van der Waals surface area contributed by atoms with Crippen molar-refractivity contribution < 1.29 is 14.3 Å². The normalized spacial score (nSPS) is 23.4. The molecule has 3 atom stereocenters. The fraction of sp³-hybridized carbons (Fsp3) is 0.640. The van der Waals surface area contributed by atoms with Crippen LogP contribution in [0.2, 0.25) is 0 Å². The number of nitrogens with zero attached hydrogens (tertiary/aromatic N) is 4. The SMILES string of the molecule is Cc1ccc(N(CCC#N)C(=O)C(C)N2CCC(C(=O)N3CC(C)OC(C)C3)CC2)cc1. The van der Waals surface area contributed by atoms with E-state index in [0.717, 1.165) is 37.2 Å². The van der Waals surface area contributed by atoms with E-state index in [2.05, 4.69) is 11.0 Å². The number of morpholine rings is 1. The van der Waals surface area contributed by atoms with Crippen LogP contribution in [0.5, 0.6) is 0 Å². The van der Waals surface area contributed by atoms with Gasteiger partial charge in [-0.3, -0.25) is 14.5 Å². The zero-order valence-electron chi connectivity index (χ0n) is 19.8. The van der Waals surface area contributed by atoms with Crippen LogP contribution in [0.15, 0.2) is 24.3 Å². The summed E-state index contributed by atoms with van der Waals surface area (Å²) in [5, 5.41) is 9.05. The Labute approximate surface area is 191 Å². The van der Waals surface area contributed by atoms with Crippen molar-refractivity contribution in [1.82, 2.24) is 9.80 Å². The number of carbonyl (C=O) groups excluding carboxylic acids is 2. The standard InChI is InChI=1S/C25H36N4O3/c1-18-6-8-23(9-7-18)29(13-5-12-26)24(30)21(4)27-14-10-22(11-15-27)25(31)28-16-19(2)32-20(3)17-28/h6-9,19-22H,5,10-11,13-17H2,1-4H3. The monoisotopic (exact) mass is 440 g/mol. The van der Waals surface area contributed by atoms with Crippen LogP contribution < -0.4 is 4.90 Å². The number of piperidine rings is 1. The number of amides is 2. The average molecular weight is 441 g/mol. The van der Waals surface area contributed by atoms with Crippen LogP contribution in [-0.2, 0) is 14.3 Å². The number of nitriles is 1. The number of carbonyl (C=O) groups is 2. The fourth-order valence-corrected chi connectivity index (χ4v) is 4.78. The molecule has 0 aliphatic carbocycles. The highest BCUT2D eigenvalue weighted by Crippen LogP contribution is 2.25. The van der Waals surface area contributed by atoms with Crippen molar-refractivity contribution in [2.45, 2.75) is 65.2 Å². The predicted molar refractivity (Wildman–Crippen MR) is 124 cm³/mol. The molecular weight excluding hydrogens is 404 g/mol. The molecule has 0 N–H and O–H groups in total. The Morgan fingerprint density at radius 1 is 1.16 bits per heavy atom. The van der Waals surface area contributed by atoms with Crippen LogP contribution in [0.4, 0.5) is 5.69 Å². The number of ether oxygens (including phenoxy) is 1. The molecule has 174 valence electrons. The molecule has 1 aromatic carbocycles. The molecule has 1 aromatic rings.